The molecule has 0 bridgehead atoms. The number of halogens is 1. The van der Waals surface area contributed by atoms with Crippen LogP contribution in [0.5, 0.6) is 0 Å². The van der Waals surface area contributed by atoms with Crippen molar-refractivity contribution in [2.75, 3.05) is 0 Å². The molecule has 2 heterocycles. The molecule has 0 amide bonds. The third-order valence-electron chi connectivity index (χ3n) is 2.96. The molecule has 2 atom stereocenters. The van der Waals surface area contributed by atoms with Gasteiger partial charge in [-0.15, -0.1) is 0 Å². The first-order valence-corrected chi connectivity index (χ1v) is 6.24. The van der Waals surface area contributed by atoms with E-state index in [0.29, 0.717) is 0 Å². The SMILES string of the molecule is CC1=NC(C(=O)O)=NC(C)C1c1c(Br)cnn1C. The van der Waals surface area contributed by atoms with Gasteiger partial charge in [0, 0.05) is 12.8 Å². The van der Waals surface area contributed by atoms with Gasteiger partial charge < -0.3 is 5.11 Å². The highest BCUT2D eigenvalue weighted by Gasteiger charge is 2.31. The molecule has 0 spiro atoms. The zero-order chi connectivity index (χ0) is 13.4. The highest BCUT2D eigenvalue weighted by atomic mass is 79.9. The summed E-state index contributed by atoms with van der Waals surface area (Å²) in [6.45, 7) is 3.70. The van der Waals surface area contributed by atoms with Gasteiger partial charge in [0.15, 0.2) is 0 Å². The fraction of sp³-hybridized carbons (Fsp3) is 0.455. The third kappa shape index (κ3) is 2.10. The van der Waals surface area contributed by atoms with Crippen LogP contribution < -0.4 is 0 Å². The summed E-state index contributed by atoms with van der Waals surface area (Å²) >= 11 is 3.45. The summed E-state index contributed by atoms with van der Waals surface area (Å²) in [5, 5.41) is 13.1. The average Bonchev–Trinajstić information content (AvgIpc) is 2.59. The van der Waals surface area contributed by atoms with E-state index in [1.54, 1.807) is 10.9 Å². The Balaban J connectivity index is 2.45. The van der Waals surface area contributed by atoms with Crippen molar-refractivity contribution in [2.24, 2.45) is 17.0 Å². The lowest BCUT2D eigenvalue weighted by molar-refractivity contribution is -0.129. The van der Waals surface area contributed by atoms with Crippen molar-refractivity contribution < 1.29 is 9.90 Å². The van der Waals surface area contributed by atoms with Crippen molar-refractivity contribution in [1.29, 1.82) is 0 Å². The topological polar surface area (TPSA) is 79.8 Å². The standard InChI is InChI=1S/C11H13BrN4O2/c1-5-8(9-7(12)4-13-16(9)3)6(2)15-10(14-5)11(17)18/h4-5,8H,1-3H3,(H,17,18). The molecule has 0 fully saturated rings. The second-order valence-electron chi connectivity index (χ2n) is 4.23. The maximum atomic E-state index is 10.9. The van der Waals surface area contributed by atoms with E-state index < -0.39 is 5.97 Å². The maximum absolute atomic E-state index is 10.9. The molecule has 0 aromatic carbocycles. The normalized spacial score (nSPS) is 23.6. The minimum absolute atomic E-state index is 0.0602. The zero-order valence-electron chi connectivity index (χ0n) is 10.3. The van der Waals surface area contributed by atoms with Crippen molar-refractivity contribution in [3.63, 3.8) is 0 Å². The van der Waals surface area contributed by atoms with Crippen molar-refractivity contribution in [1.82, 2.24) is 9.78 Å². The van der Waals surface area contributed by atoms with Crippen molar-refractivity contribution in [3.8, 4) is 0 Å². The van der Waals surface area contributed by atoms with Crippen LogP contribution in [0.4, 0.5) is 0 Å². The average molecular weight is 313 g/mol. The molecule has 2 rings (SSSR count). The minimum Gasteiger partial charge on any atom is -0.475 e. The van der Waals surface area contributed by atoms with E-state index in [0.717, 1.165) is 15.9 Å². The smallest absolute Gasteiger partial charge is 0.373 e. The molecule has 18 heavy (non-hydrogen) atoms. The number of hydrogen-bond donors (Lipinski definition) is 1. The van der Waals surface area contributed by atoms with E-state index in [2.05, 4.69) is 31.0 Å². The van der Waals surface area contributed by atoms with Gasteiger partial charge in [0.1, 0.15) is 0 Å². The molecule has 1 aromatic rings. The van der Waals surface area contributed by atoms with E-state index >= 15 is 0 Å². The van der Waals surface area contributed by atoms with Crippen molar-refractivity contribution in [2.45, 2.75) is 25.8 Å². The lowest BCUT2D eigenvalue weighted by Crippen LogP contribution is -2.31. The number of hydrogen-bond acceptors (Lipinski definition) is 4. The number of carboxylic acid groups (broad SMARTS) is 1. The highest BCUT2D eigenvalue weighted by molar-refractivity contribution is 9.10. The number of aliphatic carboxylic acids is 1. The molecule has 1 aliphatic heterocycles. The van der Waals surface area contributed by atoms with Crippen LogP contribution in [0.2, 0.25) is 0 Å². The Kier molecular flexibility index (Phi) is 3.34. The van der Waals surface area contributed by atoms with Gasteiger partial charge in [-0.1, -0.05) is 0 Å². The number of rotatable bonds is 2. The van der Waals surface area contributed by atoms with Gasteiger partial charge in [-0.25, -0.2) is 9.79 Å². The van der Waals surface area contributed by atoms with E-state index in [1.807, 2.05) is 20.9 Å². The first-order valence-electron chi connectivity index (χ1n) is 5.45. The zero-order valence-corrected chi connectivity index (χ0v) is 11.8. The lowest BCUT2D eigenvalue weighted by atomic mass is 9.92. The third-order valence-corrected chi connectivity index (χ3v) is 3.58. The van der Waals surface area contributed by atoms with Crippen LogP contribution in [-0.4, -0.2) is 38.4 Å². The lowest BCUT2D eigenvalue weighted by Gasteiger charge is -2.25. The Morgan fingerprint density at radius 3 is 2.67 bits per heavy atom. The van der Waals surface area contributed by atoms with Crippen LogP contribution in [0.3, 0.4) is 0 Å². The summed E-state index contributed by atoms with van der Waals surface area (Å²) < 4.78 is 2.64. The van der Waals surface area contributed by atoms with E-state index in [9.17, 15) is 4.79 Å². The van der Waals surface area contributed by atoms with E-state index in [4.69, 9.17) is 5.11 Å². The molecular formula is C11H13BrN4O2. The summed E-state index contributed by atoms with van der Waals surface area (Å²) in [6.07, 6.45) is 1.71. The van der Waals surface area contributed by atoms with Gasteiger partial charge in [0.2, 0.25) is 5.84 Å². The number of carbonyl (C=O) groups is 1. The van der Waals surface area contributed by atoms with Crippen LogP contribution in [0.1, 0.15) is 25.5 Å². The molecule has 7 heteroatoms. The molecule has 0 aliphatic carbocycles. The molecule has 0 saturated carbocycles. The highest BCUT2D eigenvalue weighted by Crippen LogP contribution is 2.31. The predicted molar refractivity (Wildman–Crippen MR) is 71.3 cm³/mol. The Hall–Kier alpha value is -1.50. The minimum atomic E-state index is -1.09. The first kappa shape index (κ1) is 12.9. The van der Waals surface area contributed by atoms with Crippen LogP contribution in [-0.2, 0) is 11.8 Å². The largest absolute Gasteiger partial charge is 0.475 e. The Morgan fingerprint density at radius 1 is 1.56 bits per heavy atom. The summed E-state index contributed by atoms with van der Waals surface area (Å²) in [4.78, 5) is 19.1. The second-order valence-corrected chi connectivity index (χ2v) is 5.09. The molecule has 1 N–H and O–H groups in total. The molecule has 0 saturated heterocycles. The molecule has 2 unspecified atom stereocenters. The van der Waals surface area contributed by atoms with Crippen molar-refractivity contribution in [3.05, 3.63) is 16.4 Å². The number of carboxylic acids is 1. The van der Waals surface area contributed by atoms with Crippen LogP contribution in [0.25, 0.3) is 0 Å². The Labute approximate surface area is 113 Å². The Morgan fingerprint density at radius 2 is 2.22 bits per heavy atom. The van der Waals surface area contributed by atoms with Gasteiger partial charge in [0.25, 0.3) is 0 Å². The van der Waals surface area contributed by atoms with Crippen molar-refractivity contribution >= 4 is 33.4 Å². The van der Waals surface area contributed by atoms with E-state index in [1.165, 1.54) is 0 Å². The summed E-state index contributed by atoms with van der Waals surface area (Å²) in [5.74, 6) is -1.28. The summed E-state index contributed by atoms with van der Waals surface area (Å²) in [5.41, 5.74) is 1.69. The van der Waals surface area contributed by atoms with Gasteiger partial charge >= 0.3 is 5.97 Å². The summed E-state index contributed by atoms with van der Waals surface area (Å²) in [6, 6.07) is -0.180. The Bertz CT molecular complexity index is 542. The first-order chi connectivity index (χ1) is 8.41. The number of aryl methyl sites for hydroxylation is 1. The molecule has 6 nitrogen and oxygen atoms in total. The monoisotopic (exact) mass is 312 g/mol. The number of nitrogens with zero attached hydrogens (tertiary/aromatic N) is 4. The van der Waals surface area contributed by atoms with Gasteiger partial charge in [-0.2, -0.15) is 5.10 Å². The molecule has 1 aromatic heterocycles. The van der Waals surface area contributed by atoms with Crippen LogP contribution in [0, 0.1) is 0 Å². The fourth-order valence-corrected chi connectivity index (χ4v) is 2.78. The predicted octanol–water partition coefficient (Wildman–Crippen LogP) is 1.61. The van der Waals surface area contributed by atoms with Crippen LogP contribution >= 0.6 is 15.9 Å². The number of aliphatic imine (C=N–C) groups is 2. The van der Waals surface area contributed by atoms with Gasteiger partial charge in [-0.05, 0) is 29.8 Å². The van der Waals surface area contributed by atoms with Gasteiger partial charge in [-0.3, -0.25) is 9.67 Å². The fourth-order valence-electron chi connectivity index (χ4n) is 2.18. The van der Waals surface area contributed by atoms with Crippen LogP contribution in [0.15, 0.2) is 20.7 Å². The summed E-state index contributed by atoms with van der Waals surface area (Å²) in [7, 11) is 1.84. The maximum Gasteiger partial charge on any atom is 0.373 e. The molecule has 96 valence electrons. The molecule has 0 radical (unpaired) electrons. The number of amidine groups is 1. The molecular weight excluding hydrogens is 300 g/mol. The quantitative estimate of drug-likeness (QED) is 0.901. The van der Waals surface area contributed by atoms with E-state index in [-0.39, 0.29) is 17.8 Å². The second kappa shape index (κ2) is 4.64. The molecule has 1 aliphatic rings. The van der Waals surface area contributed by atoms with Gasteiger partial charge in [0.05, 0.1) is 28.3 Å². The number of aromatic nitrogens is 2.